The molecule has 0 amide bonds. The van der Waals surface area contributed by atoms with Gasteiger partial charge >= 0.3 is 5.97 Å². The van der Waals surface area contributed by atoms with Gasteiger partial charge in [-0.05, 0) is 6.92 Å². The molecule has 0 bridgehead atoms. The standard InChI is InChI=1S/C7H9NO2S/c1-5(10-6(2)9)7-8-3-4-11-7/h3-5H,1-2H3. The minimum atomic E-state index is -0.271. The third-order valence-corrected chi connectivity index (χ3v) is 2.08. The lowest BCUT2D eigenvalue weighted by Crippen LogP contribution is -2.03. The van der Waals surface area contributed by atoms with E-state index in [9.17, 15) is 4.79 Å². The van der Waals surface area contributed by atoms with Gasteiger partial charge in [0.05, 0.1) is 0 Å². The molecular weight excluding hydrogens is 162 g/mol. The highest BCUT2D eigenvalue weighted by Crippen LogP contribution is 2.18. The SMILES string of the molecule is CC(=O)OC(C)c1nccs1. The zero-order valence-corrected chi connectivity index (χ0v) is 7.22. The third-order valence-electron chi connectivity index (χ3n) is 1.14. The molecule has 0 N–H and O–H groups in total. The Labute approximate surface area is 69.0 Å². The molecule has 0 aliphatic heterocycles. The van der Waals surface area contributed by atoms with Gasteiger partial charge in [0.1, 0.15) is 5.01 Å². The number of carbonyl (C=O) groups excluding carboxylic acids is 1. The van der Waals surface area contributed by atoms with Crippen LogP contribution >= 0.6 is 11.3 Å². The monoisotopic (exact) mass is 171 g/mol. The van der Waals surface area contributed by atoms with Crippen molar-refractivity contribution in [2.45, 2.75) is 20.0 Å². The van der Waals surface area contributed by atoms with Crippen molar-refractivity contribution in [2.24, 2.45) is 0 Å². The van der Waals surface area contributed by atoms with Gasteiger partial charge in [0, 0.05) is 18.5 Å². The van der Waals surface area contributed by atoms with E-state index >= 15 is 0 Å². The van der Waals surface area contributed by atoms with E-state index in [4.69, 9.17) is 4.74 Å². The highest BCUT2D eigenvalue weighted by molar-refractivity contribution is 7.09. The first-order valence-corrected chi connectivity index (χ1v) is 4.14. The highest BCUT2D eigenvalue weighted by Gasteiger charge is 2.09. The van der Waals surface area contributed by atoms with E-state index in [-0.39, 0.29) is 12.1 Å². The number of hydrogen-bond acceptors (Lipinski definition) is 4. The summed E-state index contributed by atoms with van der Waals surface area (Å²) in [7, 11) is 0. The van der Waals surface area contributed by atoms with Gasteiger partial charge in [-0.15, -0.1) is 11.3 Å². The van der Waals surface area contributed by atoms with Crippen molar-refractivity contribution in [2.75, 3.05) is 0 Å². The van der Waals surface area contributed by atoms with Crippen LogP contribution in [-0.4, -0.2) is 11.0 Å². The third kappa shape index (κ3) is 2.31. The van der Waals surface area contributed by atoms with E-state index in [1.54, 1.807) is 13.1 Å². The number of nitrogens with zero attached hydrogens (tertiary/aromatic N) is 1. The summed E-state index contributed by atoms with van der Waals surface area (Å²) in [5.41, 5.74) is 0. The van der Waals surface area contributed by atoms with Gasteiger partial charge in [0.2, 0.25) is 0 Å². The Hall–Kier alpha value is -0.900. The van der Waals surface area contributed by atoms with Crippen molar-refractivity contribution < 1.29 is 9.53 Å². The molecular formula is C7H9NO2S. The Morgan fingerprint density at radius 2 is 2.55 bits per heavy atom. The summed E-state index contributed by atoms with van der Waals surface area (Å²) in [6, 6.07) is 0. The van der Waals surface area contributed by atoms with Crippen LogP contribution in [0, 0.1) is 0 Å². The fourth-order valence-electron chi connectivity index (χ4n) is 0.735. The van der Waals surface area contributed by atoms with E-state index in [1.807, 2.05) is 5.38 Å². The van der Waals surface area contributed by atoms with Crippen molar-refractivity contribution in [1.82, 2.24) is 4.98 Å². The Morgan fingerprint density at radius 3 is 3.00 bits per heavy atom. The van der Waals surface area contributed by atoms with Crippen LogP contribution in [0.15, 0.2) is 11.6 Å². The molecule has 1 aromatic rings. The van der Waals surface area contributed by atoms with Crippen LogP contribution in [0.4, 0.5) is 0 Å². The molecule has 0 saturated heterocycles. The lowest BCUT2D eigenvalue weighted by Gasteiger charge is -2.06. The fraction of sp³-hybridized carbons (Fsp3) is 0.429. The van der Waals surface area contributed by atoms with Gasteiger partial charge < -0.3 is 4.74 Å². The summed E-state index contributed by atoms with van der Waals surface area (Å²) in [6.45, 7) is 3.20. The van der Waals surface area contributed by atoms with Crippen LogP contribution in [0.5, 0.6) is 0 Å². The molecule has 11 heavy (non-hydrogen) atoms. The smallest absolute Gasteiger partial charge is 0.303 e. The zero-order valence-electron chi connectivity index (χ0n) is 6.40. The summed E-state index contributed by atoms with van der Waals surface area (Å²) in [6.07, 6.45) is 1.48. The maximum atomic E-state index is 10.5. The summed E-state index contributed by atoms with van der Waals surface area (Å²) in [5, 5.41) is 2.69. The molecule has 0 saturated carbocycles. The summed E-state index contributed by atoms with van der Waals surface area (Å²) < 4.78 is 4.90. The Morgan fingerprint density at radius 1 is 1.82 bits per heavy atom. The van der Waals surface area contributed by atoms with Gasteiger partial charge in [0.15, 0.2) is 6.10 Å². The van der Waals surface area contributed by atoms with Crippen LogP contribution in [0.2, 0.25) is 0 Å². The Balaban J connectivity index is 2.56. The van der Waals surface area contributed by atoms with E-state index in [1.165, 1.54) is 18.3 Å². The lowest BCUT2D eigenvalue weighted by molar-refractivity contribution is -0.145. The first-order chi connectivity index (χ1) is 5.20. The molecule has 0 aliphatic carbocycles. The quantitative estimate of drug-likeness (QED) is 0.636. The van der Waals surface area contributed by atoms with Crippen LogP contribution < -0.4 is 0 Å². The van der Waals surface area contributed by atoms with Gasteiger partial charge in [-0.3, -0.25) is 4.79 Å². The van der Waals surface area contributed by atoms with Gasteiger partial charge in [-0.25, -0.2) is 4.98 Å². The van der Waals surface area contributed by atoms with E-state index in [0.29, 0.717) is 0 Å². The second kappa shape index (κ2) is 3.48. The normalized spacial score (nSPS) is 12.5. The molecule has 60 valence electrons. The lowest BCUT2D eigenvalue weighted by atomic mass is 10.4. The van der Waals surface area contributed by atoms with Crippen LogP contribution in [0.25, 0.3) is 0 Å². The van der Waals surface area contributed by atoms with Gasteiger partial charge in [-0.1, -0.05) is 0 Å². The molecule has 0 aliphatic rings. The molecule has 0 fully saturated rings. The number of thiazole rings is 1. The Bertz CT molecular complexity index is 233. The molecule has 1 heterocycles. The average Bonchev–Trinajstić information content (AvgIpc) is 2.35. The predicted molar refractivity (Wildman–Crippen MR) is 42.3 cm³/mol. The molecule has 1 aromatic heterocycles. The first-order valence-electron chi connectivity index (χ1n) is 3.26. The van der Waals surface area contributed by atoms with E-state index in [2.05, 4.69) is 4.98 Å². The molecule has 1 unspecified atom stereocenters. The van der Waals surface area contributed by atoms with Crippen molar-refractivity contribution in [3.63, 3.8) is 0 Å². The van der Waals surface area contributed by atoms with Crippen molar-refractivity contribution in [1.29, 1.82) is 0 Å². The number of carbonyl (C=O) groups is 1. The van der Waals surface area contributed by atoms with E-state index in [0.717, 1.165) is 5.01 Å². The van der Waals surface area contributed by atoms with Gasteiger partial charge in [-0.2, -0.15) is 0 Å². The first kappa shape index (κ1) is 8.20. The fourth-order valence-corrected chi connectivity index (χ4v) is 1.36. The van der Waals surface area contributed by atoms with Crippen molar-refractivity contribution in [3.05, 3.63) is 16.6 Å². The topological polar surface area (TPSA) is 39.2 Å². The summed E-state index contributed by atoms with van der Waals surface area (Å²) in [5.74, 6) is -0.271. The largest absolute Gasteiger partial charge is 0.455 e. The zero-order chi connectivity index (χ0) is 8.27. The van der Waals surface area contributed by atoms with Crippen LogP contribution in [0.3, 0.4) is 0 Å². The molecule has 0 spiro atoms. The van der Waals surface area contributed by atoms with Crippen molar-refractivity contribution >= 4 is 17.3 Å². The number of rotatable bonds is 2. The molecule has 0 radical (unpaired) electrons. The number of hydrogen-bond donors (Lipinski definition) is 0. The minimum absolute atomic E-state index is 0.215. The average molecular weight is 171 g/mol. The van der Waals surface area contributed by atoms with Gasteiger partial charge in [0.25, 0.3) is 0 Å². The van der Waals surface area contributed by atoms with Crippen LogP contribution in [-0.2, 0) is 9.53 Å². The van der Waals surface area contributed by atoms with Crippen LogP contribution in [0.1, 0.15) is 25.0 Å². The number of aromatic nitrogens is 1. The number of ether oxygens (including phenoxy) is 1. The molecule has 4 heteroatoms. The molecule has 0 aromatic carbocycles. The van der Waals surface area contributed by atoms with Crippen molar-refractivity contribution in [3.8, 4) is 0 Å². The molecule has 3 nitrogen and oxygen atoms in total. The second-order valence-electron chi connectivity index (χ2n) is 2.12. The highest BCUT2D eigenvalue weighted by atomic mass is 32.1. The maximum absolute atomic E-state index is 10.5. The minimum Gasteiger partial charge on any atom is -0.455 e. The number of esters is 1. The Kier molecular flexibility index (Phi) is 2.59. The summed E-state index contributed by atoms with van der Waals surface area (Å²) >= 11 is 1.48. The maximum Gasteiger partial charge on any atom is 0.303 e. The predicted octanol–water partition coefficient (Wildman–Crippen LogP) is 1.77. The summed E-state index contributed by atoms with van der Waals surface area (Å²) in [4.78, 5) is 14.5. The van der Waals surface area contributed by atoms with E-state index < -0.39 is 0 Å². The molecule has 1 atom stereocenters. The molecule has 1 rings (SSSR count). The second-order valence-corrected chi connectivity index (χ2v) is 3.05.